The van der Waals surface area contributed by atoms with Crippen LogP contribution in [0, 0.1) is 0 Å². The highest BCUT2D eigenvalue weighted by Crippen LogP contribution is 2.19. The molecule has 0 radical (unpaired) electrons. The van der Waals surface area contributed by atoms with Gasteiger partial charge in [0.15, 0.2) is 6.61 Å². The summed E-state index contributed by atoms with van der Waals surface area (Å²) in [4.78, 5) is 10.7. The van der Waals surface area contributed by atoms with Gasteiger partial charge < -0.3 is 25.1 Å². The number of carbonyl (C=O) groups is 1. The number of primary amides is 1. The molecule has 24 heavy (non-hydrogen) atoms. The molecular formula is C18H21NO5. The molecule has 128 valence electrons. The van der Waals surface area contributed by atoms with Crippen LogP contribution in [0.25, 0.3) is 0 Å². The number of hydrogen-bond donors (Lipinski definition) is 2. The summed E-state index contributed by atoms with van der Waals surface area (Å²) in [7, 11) is 0. The first-order chi connectivity index (χ1) is 11.6. The largest absolute Gasteiger partial charge is 0.491 e. The second-order valence-corrected chi connectivity index (χ2v) is 5.20. The third-order valence-corrected chi connectivity index (χ3v) is 3.05. The number of amides is 1. The molecule has 2 rings (SSSR count). The molecule has 6 nitrogen and oxygen atoms in total. The van der Waals surface area contributed by atoms with Crippen molar-refractivity contribution in [1.82, 2.24) is 0 Å². The van der Waals surface area contributed by atoms with Crippen LogP contribution in [0.4, 0.5) is 0 Å². The first-order valence-corrected chi connectivity index (χ1v) is 7.57. The summed E-state index contributed by atoms with van der Waals surface area (Å²) < 4.78 is 16.1. The Bertz CT molecular complexity index is 632. The highest BCUT2D eigenvalue weighted by Gasteiger charge is 2.07. The lowest BCUT2D eigenvalue weighted by Crippen LogP contribution is -2.23. The number of aliphatic hydroxyl groups excluding tert-OH is 1. The van der Waals surface area contributed by atoms with E-state index in [9.17, 15) is 9.90 Å². The molecule has 0 saturated carbocycles. The highest BCUT2D eigenvalue weighted by atomic mass is 16.5. The summed E-state index contributed by atoms with van der Waals surface area (Å²) in [6.07, 6.45) is -0.746. The predicted molar refractivity (Wildman–Crippen MR) is 88.7 cm³/mol. The summed E-state index contributed by atoms with van der Waals surface area (Å²) in [5, 5.41) is 9.89. The molecule has 0 aliphatic rings. The molecule has 2 aromatic carbocycles. The van der Waals surface area contributed by atoms with Gasteiger partial charge in [-0.1, -0.05) is 36.4 Å². The van der Waals surface area contributed by atoms with Crippen LogP contribution in [0.5, 0.6) is 11.5 Å². The maximum absolute atomic E-state index is 10.7. The summed E-state index contributed by atoms with van der Waals surface area (Å²) in [5.41, 5.74) is 6.07. The van der Waals surface area contributed by atoms with Crippen molar-refractivity contribution in [3.05, 3.63) is 60.2 Å². The van der Waals surface area contributed by atoms with E-state index in [1.165, 1.54) is 0 Å². The minimum absolute atomic E-state index is 0.0913. The minimum atomic E-state index is -0.746. The Morgan fingerprint density at radius 3 is 2.42 bits per heavy atom. The quantitative estimate of drug-likeness (QED) is 0.688. The third-order valence-electron chi connectivity index (χ3n) is 3.05. The maximum Gasteiger partial charge on any atom is 0.255 e. The van der Waals surface area contributed by atoms with E-state index in [0.717, 1.165) is 5.56 Å². The van der Waals surface area contributed by atoms with E-state index in [1.807, 2.05) is 30.3 Å². The molecule has 2 aromatic rings. The summed E-state index contributed by atoms with van der Waals surface area (Å²) in [5.74, 6) is 0.451. The van der Waals surface area contributed by atoms with E-state index in [-0.39, 0.29) is 19.8 Å². The van der Waals surface area contributed by atoms with Crippen molar-refractivity contribution in [1.29, 1.82) is 0 Å². The number of rotatable bonds is 10. The SMILES string of the molecule is NC(=O)COc1cccc(OC[C@@H](O)COCc2ccccc2)c1. The Morgan fingerprint density at radius 1 is 1.00 bits per heavy atom. The Kier molecular flexibility index (Phi) is 7.07. The number of ether oxygens (including phenoxy) is 3. The number of carbonyl (C=O) groups excluding carboxylic acids is 1. The Labute approximate surface area is 140 Å². The molecular weight excluding hydrogens is 310 g/mol. The smallest absolute Gasteiger partial charge is 0.255 e. The summed E-state index contributed by atoms with van der Waals surface area (Å²) in [6, 6.07) is 16.5. The first kappa shape index (κ1) is 17.8. The second kappa shape index (κ2) is 9.54. The van der Waals surface area contributed by atoms with Crippen molar-refractivity contribution in [2.24, 2.45) is 5.73 Å². The standard InChI is InChI=1S/C18H21NO5/c19-18(21)13-24-17-8-4-7-16(9-17)23-12-15(20)11-22-10-14-5-2-1-3-6-14/h1-9,15,20H,10-13H2,(H2,19,21)/t15-/m0/s1. The predicted octanol–water partition coefficient (Wildman–Crippen LogP) is 1.51. The van der Waals surface area contributed by atoms with E-state index in [4.69, 9.17) is 19.9 Å². The summed E-state index contributed by atoms with van der Waals surface area (Å²) in [6.45, 7) is 0.509. The second-order valence-electron chi connectivity index (χ2n) is 5.20. The van der Waals surface area contributed by atoms with Crippen molar-refractivity contribution in [2.45, 2.75) is 12.7 Å². The fourth-order valence-corrected chi connectivity index (χ4v) is 1.94. The van der Waals surface area contributed by atoms with E-state index in [1.54, 1.807) is 24.3 Å². The zero-order chi connectivity index (χ0) is 17.2. The average Bonchev–Trinajstić information content (AvgIpc) is 2.59. The molecule has 0 spiro atoms. The number of aliphatic hydroxyl groups is 1. The van der Waals surface area contributed by atoms with E-state index in [0.29, 0.717) is 18.1 Å². The van der Waals surface area contributed by atoms with E-state index >= 15 is 0 Å². The van der Waals surface area contributed by atoms with Gasteiger partial charge in [0, 0.05) is 6.07 Å². The van der Waals surface area contributed by atoms with Gasteiger partial charge in [-0.25, -0.2) is 0 Å². The molecule has 0 saturated heterocycles. The minimum Gasteiger partial charge on any atom is -0.491 e. The van der Waals surface area contributed by atoms with Crippen molar-refractivity contribution >= 4 is 5.91 Å². The van der Waals surface area contributed by atoms with Gasteiger partial charge in [-0.2, -0.15) is 0 Å². The van der Waals surface area contributed by atoms with E-state index in [2.05, 4.69) is 0 Å². The molecule has 0 heterocycles. The molecule has 0 unspecified atom stereocenters. The molecule has 3 N–H and O–H groups in total. The Hall–Kier alpha value is -2.57. The maximum atomic E-state index is 10.7. The lowest BCUT2D eigenvalue weighted by molar-refractivity contribution is -0.119. The molecule has 0 fully saturated rings. The average molecular weight is 331 g/mol. The fraction of sp³-hybridized carbons (Fsp3) is 0.278. The van der Waals surface area contributed by atoms with Gasteiger partial charge in [0.2, 0.25) is 0 Å². The molecule has 0 bridgehead atoms. The molecule has 0 aliphatic heterocycles. The van der Waals surface area contributed by atoms with Crippen LogP contribution in [0.1, 0.15) is 5.56 Å². The van der Waals surface area contributed by atoms with Crippen molar-refractivity contribution in [3.63, 3.8) is 0 Å². The van der Waals surface area contributed by atoms with E-state index < -0.39 is 12.0 Å². The van der Waals surface area contributed by atoms with Gasteiger partial charge in [0.05, 0.1) is 13.2 Å². The molecule has 1 atom stereocenters. The van der Waals surface area contributed by atoms with Crippen LogP contribution in [0.15, 0.2) is 54.6 Å². The van der Waals surface area contributed by atoms with Crippen molar-refractivity contribution in [3.8, 4) is 11.5 Å². The molecule has 0 aromatic heterocycles. The van der Waals surface area contributed by atoms with Gasteiger partial charge in [0.1, 0.15) is 24.2 Å². The zero-order valence-corrected chi connectivity index (χ0v) is 13.3. The van der Waals surface area contributed by atoms with Gasteiger partial charge in [-0.05, 0) is 17.7 Å². The fourth-order valence-electron chi connectivity index (χ4n) is 1.94. The lowest BCUT2D eigenvalue weighted by atomic mass is 10.2. The number of benzene rings is 2. The van der Waals surface area contributed by atoms with Crippen LogP contribution in [0.2, 0.25) is 0 Å². The van der Waals surface area contributed by atoms with Crippen LogP contribution >= 0.6 is 0 Å². The Morgan fingerprint density at radius 2 is 1.71 bits per heavy atom. The number of hydrogen-bond acceptors (Lipinski definition) is 5. The van der Waals surface area contributed by atoms with Crippen molar-refractivity contribution < 1.29 is 24.1 Å². The van der Waals surface area contributed by atoms with Crippen molar-refractivity contribution in [2.75, 3.05) is 19.8 Å². The monoisotopic (exact) mass is 331 g/mol. The first-order valence-electron chi connectivity index (χ1n) is 7.57. The van der Waals surface area contributed by atoms with Gasteiger partial charge in [-0.3, -0.25) is 4.79 Å². The van der Waals surface area contributed by atoms with Gasteiger partial charge in [-0.15, -0.1) is 0 Å². The molecule has 1 amide bonds. The third kappa shape index (κ3) is 6.68. The molecule has 6 heteroatoms. The normalized spacial score (nSPS) is 11.7. The summed E-state index contributed by atoms with van der Waals surface area (Å²) >= 11 is 0. The highest BCUT2D eigenvalue weighted by molar-refractivity contribution is 5.75. The van der Waals surface area contributed by atoms with Crippen LogP contribution in [-0.2, 0) is 16.1 Å². The van der Waals surface area contributed by atoms with Crippen LogP contribution < -0.4 is 15.2 Å². The lowest BCUT2D eigenvalue weighted by Gasteiger charge is -2.13. The van der Waals surface area contributed by atoms with Crippen LogP contribution in [0.3, 0.4) is 0 Å². The zero-order valence-electron chi connectivity index (χ0n) is 13.3. The topological polar surface area (TPSA) is 91.0 Å². The van der Waals surface area contributed by atoms with Crippen LogP contribution in [-0.4, -0.2) is 36.9 Å². The van der Waals surface area contributed by atoms with Gasteiger partial charge in [0.25, 0.3) is 5.91 Å². The molecule has 0 aliphatic carbocycles. The number of nitrogens with two attached hydrogens (primary N) is 1. The van der Waals surface area contributed by atoms with Gasteiger partial charge >= 0.3 is 0 Å². The Balaban J connectivity index is 1.70.